The fraction of sp³-hybridized carbons (Fsp3) is 0.383. The second-order valence-electron chi connectivity index (χ2n) is 17.2. The van der Waals surface area contributed by atoms with E-state index in [4.69, 9.17) is 0 Å². The molecule has 2 N–H and O–H groups in total. The number of alkyl halides is 4. The lowest BCUT2D eigenvalue weighted by atomic mass is 10.0. The number of nitrogens with one attached hydrogen (secondary N) is 2. The maximum atomic E-state index is 14.7. The van der Waals surface area contributed by atoms with Crippen LogP contribution in [0.5, 0.6) is 0 Å². The number of halogens is 6. The molecule has 0 spiro atoms. The monoisotopic (exact) mass is 938 g/mol. The number of benzene rings is 2. The molecule has 10 rings (SSSR count). The van der Waals surface area contributed by atoms with Crippen molar-refractivity contribution in [3.63, 3.8) is 0 Å². The van der Waals surface area contributed by atoms with E-state index in [0.717, 1.165) is 54.9 Å². The van der Waals surface area contributed by atoms with Gasteiger partial charge in [-0.2, -0.15) is 0 Å². The van der Waals surface area contributed by atoms with Crippen molar-refractivity contribution < 1.29 is 31.1 Å². The lowest BCUT2D eigenvalue weighted by Crippen LogP contribution is -2.51. The molecular weight excluding hydrogens is 891 g/mol. The third-order valence-electron chi connectivity index (χ3n) is 12.7. The van der Waals surface area contributed by atoms with Gasteiger partial charge < -0.3 is 29.9 Å². The first-order valence-corrected chi connectivity index (χ1v) is 22.3. The minimum absolute atomic E-state index is 0.138. The number of hydrogen-bond donors (Lipinski definition) is 2. The van der Waals surface area contributed by atoms with Crippen LogP contribution < -0.4 is 20.4 Å². The van der Waals surface area contributed by atoms with Gasteiger partial charge in [-0.1, -0.05) is 36.4 Å². The summed E-state index contributed by atoms with van der Waals surface area (Å²) in [7, 11) is 0. The maximum absolute atomic E-state index is 14.7. The average molecular weight is 939 g/mol. The second kappa shape index (κ2) is 18.8. The van der Waals surface area contributed by atoms with E-state index in [0.29, 0.717) is 77.7 Å². The molecule has 354 valence electrons. The van der Waals surface area contributed by atoms with Gasteiger partial charge >= 0.3 is 0 Å². The summed E-state index contributed by atoms with van der Waals surface area (Å²) in [6, 6.07) is 10.8. The van der Waals surface area contributed by atoms with Gasteiger partial charge in [0.05, 0.1) is 53.2 Å². The van der Waals surface area contributed by atoms with Crippen molar-refractivity contribution in [3.05, 3.63) is 118 Å². The summed E-state index contributed by atoms with van der Waals surface area (Å²) < 4.78 is 84.2. The molecule has 68 heavy (non-hydrogen) atoms. The number of hydrogen-bond acceptors (Lipinski definition) is 13. The third-order valence-corrected chi connectivity index (χ3v) is 12.7. The Morgan fingerprint density at radius 3 is 1.72 bits per heavy atom. The van der Waals surface area contributed by atoms with E-state index in [2.05, 4.69) is 65.1 Å². The van der Waals surface area contributed by atoms with Crippen molar-refractivity contribution >= 4 is 51.0 Å². The highest BCUT2D eigenvalue weighted by Gasteiger charge is 2.36. The molecule has 7 aromatic rings. The van der Waals surface area contributed by atoms with E-state index < -0.39 is 47.7 Å². The molecule has 1 amide bonds. The van der Waals surface area contributed by atoms with Gasteiger partial charge in [0.15, 0.2) is 5.82 Å². The third kappa shape index (κ3) is 9.12. The van der Waals surface area contributed by atoms with Gasteiger partial charge in [0, 0.05) is 67.1 Å². The largest absolute Gasteiger partial charge is 0.363 e. The lowest BCUT2D eigenvalue weighted by molar-refractivity contribution is -0.129. The highest BCUT2D eigenvalue weighted by atomic mass is 19.3. The molecule has 8 heterocycles. The van der Waals surface area contributed by atoms with Gasteiger partial charge in [0.1, 0.15) is 52.4 Å². The van der Waals surface area contributed by atoms with Crippen LogP contribution in [0.1, 0.15) is 97.2 Å². The topological polar surface area (TPSA) is 159 Å². The molecule has 3 aliphatic heterocycles. The molecular formula is C47H48F6N14O. The summed E-state index contributed by atoms with van der Waals surface area (Å²) >= 11 is 0. The van der Waals surface area contributed by atoms with E-state index in [1.165, 1.54) is 24.3 Å². The number of carbonyl (C=O) groups excluding carboxylic acids is 1. The van der Waals surface area contributed by atoms with Crippen molar-refractivity contribution in [3.8, 4) is 0 Å². The summed E-state index contributed by atoms with van der Waals surface area (Å²) in [5.41, 5.74) is 0.299. The lowest BCUT2D eigenvalue weighted by Gasteiger charge is -2.38. The Morgan fingerprint density at radius 2 is 1.18 bits per heavy atom. The first-order chi connectivity index (χ1) is 32.6. The quantitative estimate of drug-likeness (QED) is 0.125. The Bertz CT molecular complexity index is 3030. The zero-order valence-corrected chi connectivity index (χ0v) is 37.9. The Labute approximate surface area is 387 Å². The van der Waals surface area contributed by atoms with Crippen LogP contribution in [0.4, 0.5) is 49.6 Å². The molecule has 3 unspecified atom stereocenters. The predicted octanol–water partition coefficient (Wildman–Crippen LogP) is 8.90. The number of nitrogens with zero attached hydrogens (tertiary/aromatic N) is 12. The van der Waals surface area contributed by atoms with Gasteiger partial charge in [-0.05, 0) is 53.2 Å². The van der Waals surface area contributed by atoms with Crippen LogP contribution in [0.15, 0.2) is 60.9 Å². The summed E-state index contributed by atoms with van der Waals surface area (Å²) in [6.45, 7) is 12.9. The number of pyridine rings is 2. The molecule has 5 aromatic heterocycles. The van der Waals surface area contributed by atoms with Gasteiger partial charge in [-0.3, -0.25) is 4.79 Å². The summed E-state index contributed by atoms with van der Waals surface area (Å²) in [5, 5.41) is 16.2. The van der Waals surface area contributed by atoms with Gasteiger partial charge in [-0.15, -0.1) is 10.2 Å². The van der Waals surface area contributed by atoms with Crippen molar-refractivity contribution in [2.75, 3.05) is 46.6 Å². The summed E-state index contributed by atoms with van der Waals surface area (Å²) in [6.07, 6.45) is -0.984. The summed E-state index contributed by atoms with van der Waals surface area (Å²) in [4.78, 5) is 45.3. The standard InChI is InChI=1S/C24H25F3N6O.C23H23F3N8/c1-13(16-4-3-5-17(22(16)25)23(26)27)29-24-18-10-20(28-11-19(18)30-14(2)31-24)32-8-9-33-15(12-32)6-7-21(33)34;1-12(15-5-4-6-16(21(15)24)22(25)26)28-23-17-9-19(27-10-18(17)29-13(2)30-23)33-7-8-34-14(3)31-32-20(34)11-33/h3-5,10-11,13,15,23H,6-9,12H2,1-2H3,(H,29,30,31);4-6,9-10,12,22H,7-8,11H2,1-3H3,(H,28,29,30). The molecule has 2 fully saturated rings. The van der Waals surface area contributed by atoms with Crippen molar-refractivity contribution in [2.45, 2.75) is 91.5 Å². The first-order valence-electron chi connectivity index (χ1n) is 22.3. The zero-order chi connectivity index (χ0) is 48.0. The number of piperazine rings is 1. The number of rotatable bonds is 10. The van der Waals surface area contributed by atoms with Crippen LogP contribution >= 0.6 is 0 Å². The minimum atomic E-state index is -2.89. The van der Waals surface area contributed by atoms with Crippen LogP contribution in [0.3, 0.4) is 0 Å². The number of fused-ring (bicyclic) bond motifs is 4. The Hall–Kier alpha value is -7.19. The second-order valence-corrected chi connectivity index (χ2v) is 17.2. The van der Waals surface area contributed by atoms with Crippen molar-refractivity contribution in [1.82, 2.24) is 49.6 Å². The number of anilines is 4. The van der Waals surface area contributed by atoms with E-state index in [1.807, 2.05) is 24.0 Å². The van der Waals surface area contributed by atoms with Crippen molar-refractivity contribution in [1.29, 1.82) is 0 Å². The van der Waals surface area contributed by atoms with Gasteiger partial charge in [0.2, 0.25) is 5.91 Å². The molecule has 0 radical (unpaired) electrons. The van der Waals surface area contributed by atoms with Crippen LogP contribution in [0, 0.1) is 32.4 Å². The SMILES string of the molecule is Cc1nc(NC(C)c2cccc(C(F)F)c2F)c2cc(N3CCN4C(=O)CCC4C3)ncc2n1.Cc1nc(NC(C)c2cccc(C(F)F)c2F)c2cc(N3CCn4c(C)nnc4C3)ncc2n1. The molecule has 0 aliphatic carbocycles. The predicted molar refractivity (Wildman–Crippen MR) is 244 cm³/mol. The molecule has 2 aromatic carbocycles. The number of amides is 1. The molecule has 15 nitrogen and oxygen atoms in total. The average Bonchev–Trinajstić information content (AvgIpc) is 3.88. The van der Waals surface area contributed by atoms with E-state index in [9.17, 15) is 31.1 Å². The molecule has 2 saturated heterocycles. The summed E-state index contributed by atoms with van der Waals surface area (Å²) in [5.74, 6) is 3.60. The fourth-order valence-corrected chi connectivity index (χ4v) is 9.12. The van der Waals surface area contributed by atoms with Crippen LogP contribution in [0.25, 0.3) is 21.8 Å². The number of carbonyl (C=O) groups is 1. The maximum Gasteiger partial charge on any atom is 0.266 e. The Morgan fingerprint density at radius 1 is 0.662 bits per heavy atom. The number of aryl methyl sites for hydroxylation is 3. The molecule has 3 atom stereocenters. The fourth-order valence-electron chi connectivity index (χ4n) is 9.12. The molecule has 0 bridgehead atoms. The van der Waals surface area contributed by atoms with Gasteiger partial charge in [0.25, 0.3) is 12.9 Å². The molecule has 21 heteroatoms. The van der Waals surface area contributed by atoms with Crippen LogP contribution in [0.2, 0.25) is 0 Å². The Balaban J connectivity index is 0.000000170. The van der Waals surface area contributed by atoms with Gasteiger partial charge in [-0.25, -0.2) is 56.2 Å². The highest BCUT2D eigenvalue weighted by molar-refractivity contribution is 5.91. The Kier molecular flexibility index (Phi) is 12.7. The molecule has 0 saturated carbocycles. The molecule has 3 aliphatic rings. The van der Waals surface area contributed by atoms with Crippen LogP contribution in [-0.4, -0.2) is 87.7 Å². The minimum Gasteiger partial charge on any atom is -0.363 e. The van der Waals surface area contributed by atoms with E-state index >= 15 is 0 Å². The normalized spacial score (nSPS) is 16.8. The number of aromatic nitrogens is 9. The van der Waals surface area contributed by atoms with E-state index in [1.54, 1.807) is 40.1 Å². The van der Waals surface area contributed by atoms with Crippen molar-refractivity contribution in [2.24, 2.45) is 0 Å². The van der Waals surface area contributed by atoms with Crippen LogP contribution in [-0.2, 0) is 17.9 Å². The zero-order valence-electron chi connectivity index (χ0n) is 37.9. The van der Waals surface area contributed by atoms with E-state index in [-0.39, 0.29) is 23.1 Å². The highest BCUT2D eigenvalue weighted by Crippen LogP contribution is 2.34. The smallest absolute Gasteiger partial charge is 0.266 e. The first kappa shape index (κ1) is 45.9.